The van der Waals surface area contributed by atoms with Crippen molar-refractivity contribution in [2.24, 2.45) is 5.92 Å². The van der Waals surface area contributed by atoms with Crippen molar-refractivity contribution in [3.63, 3.8) is 0 Å². The molecule has 0 saturated heterocycles. The maximum absolute atomic E-state index is 12.0. The first kappa shape index (κ1) is 18.2. The highest BCUT2D eigenvalue weighted by molar-refractivity contribution is 7.14. The summed E-state index contributed by atoms with van der Waals surface area (Å²) in [5.41, 5.74) is 2.90. The van der Waals surface area contributed by atoms with Crippen molar-refractivity contribution in [2.75, 3.05) is 11.9 Å². The van der Waals surface area contributed by atoms with Gasteiger partial charge < -0.3 is 10.6 Å². The Morgan fingerprint density at radius 2 is 2.00 bits per heavy atom. The summed E-state index contributed by atoms with van der Waals surface area (Å²) in [6.45, 7) is 2.12. The van der Waals surface area contributed by atoms with E-state index in [1.54, 1.807) is 0 Å². The minimum atomic E-state index is -0.933. The van der Waals surface area contributed by atoms with E-state index in [1.165, 1.54) is 18.3 Å². The Bertz CT molecular complexity index is 789. The molecule has 1 aliphatic rings. The number of nitrogens with one attached hydrogen (secondary N) is 2. The third-order valence-electron chi connectivity index (χ3n) is 3.91. The lowest BCUT2D eigenvalue weighted by Gasteiger charge is -2.04. The number of anilines is 1. The van der Waals surface area contributed by atoms with E-state index in [0.717, 1.165) is 23.2 Å². The number of rotatable bonds is 6. The molecule has 2 N–H and O–H groups in total. The first-order chi connectivity index (χ1) is 11.8. The van der Waals surface area contributed by atoms with Gasteiger partial charge in [-0.3, -0.25) is 9.59 Å². The molecule has 1 atom stereocenters. The van der Waals surface area contributed by atoms with Gasteiger partial charge in [0.25, 0.3) is 0 Å². The summed E-state index contributed by atoms with van der Waals surface area (Å²) in [5, 5.41) is 7.96. The Labute approximate surface area is 159 Å². The van der Waals surface area contributed by atoms with E-state index in [2.05, 4.69) is 15.6 Å². The van der Waals surface area contributed by atoms with Gasteiger partial charge in [-0.1, -0.05) is 24.3 Å². The Morgan fingerprint density at radius 3 is 2.60 bits per heavy atom. The summed E-state index contributed by atoms with van der Waals surface area (Å²) >= 11 is 13.2. The van der Waals surface area contributed by atoms with Crippen LogP contribution in [-0.2, 0) is 16.0 Å². The molecular formula is C17H17Cl2N3O2S. The van der Waals surface area contributed by atoms with E-state index in [1.807, 2.05) is 29.6 Å². The molecule has 0 aliphatic heterocycles. The van der Waals surface area contributed by atoms with Gasteiger partial charge in [0.1, 0.15) is 4.33 Å². The molecule has 2 aromatic rings. The fraction of sp³-hybridized carbons (Fsp3) is 0.353. The van der Waals surface area contributed by atoms with Crippen LogP contribution < -0.4 is 10.6 Å². The highest BCUT2D eigenvalue weighted by Crippen LogP contribution is 2.53. The zero-order chi connectivity index (χ0) is 18.0. The van der Waals surface area contributed by atoms with Crippen molar-refractivity contribution in [2.45, 2.75) is 24.1 Å². The fourth-order valence-electron chi connectivity index (χ4n) is 2.38. The highest BCUT2D eigenvalue weighted by atomic mass is 35.5. The van der Waals surface area contributed by atoms with Gasteiger partial charge in [-0.15, -0.1) is 34.5 Å². The summed E-state index contributed by atoms with van der Waals surface area (Å²) in [6, 6.07) is 7.98. The van der Waals surface area contributed by atoms with Crippen LogP contribution in [0.15, 0.2) is 29.6 Å². The van der Waals surface area contributed by atoms with Crippen LogP contribution in [0.5, 0.6) is 0 Å². The predicted octanol–water partition coefficient (Wildman–Crippen LogP) is 3.62. The van der Waals surface area contributed by atoms with E-state index in [9.17, 15) is 9.59 Å². The maximum atomic E-state index is 12.0. The average Bonchev–Trinajstić information content (AvgIpc) is 2.98. The van der Waals surface area contributed by atoms with Crippen LogP contribution in [0.1, 0.15) is 18.9 Å². The minimum absolute atomic E-state index is 0.0274. The third kappa shape index (κ3) is 4.71. The quantitative estimate of drug-likeness (QED) is 0.731. The van der Waals surface area contributed by atoms with Gasteiger partial charge in [0, 0.05) is 24.4 Å². The maximum Gasteiger partial charge on any atom is 0.232 e. The summed E-state index contributed by atoms with van der Waals surface area (Å²) in [7, 11) is 0. The van der Waals surface area contributed by atoms with Gasteiger partial charge in [0.2, 0.25) is 11.8 Å². The number of halogens is 2. The monoisotopic (exact) mass is 397 g/mol. The Hall–Kier alpha value is -1.63. The molecule has 8 heteroatoms. The van der Waals surface area contributed by atoms with E-state index < -0.39 is 4.33 Å². The van der Waals surface area contributed by atoms with Crippen molar-refractivity contribution in [1.29, 1.82) is 0 Å². The first-order valence-electron chi connectivity index (χ1n) is 7.83. The van der Waals surface area contributed by atoms with Crippen molar-refractivity contribution >= 4 is 51.5 Å². The third-order valence-corrected chi connectivity index (χ3v) is 5.51. The number of hydrogen-bond donors (Lipinski definition) is 2. The second kappa shape index (κ2) is 7.32. The average molecular weight is 398 g/mol. The molecule has 1 saturated carbocycles. The van der Waals surface area contributed by atoms with Crippen molar-refractivity contribution in [3.8, 4) is 11.3 Å². The second-order valence-electron chi connectivity index (χ2n) is 5.97. The minimum Gasteiger partial charge on any atom is -0.356 e. The van der Waals surface area contributed by atoms with Crippen LogP contribution in [-0.4, -0.2) is 27.7 Å². The standard InChI is InChI=1S/C17H17Cl2N3O2S/c1-10(23)20-7-6-11-2-4-12(5-3-11)14-9-25-16(21-14)22-15(24)13-8-17(13,18)19/h2-5,9,13H,6-8H2,1H3,(H,20,23)(H,21,22,24)/t13-/m1/s1. The molecule has 0 bridgehead atoms. The van der Waals surface area contributed by atoms with E-state index in [4.69, 9.17) is 23.2 Å². The number of carbonyl (C=O) groups is 2. The molecule has 1 heterocycles. The molecule has 3 rings (SSSR count). The summed E-state index contributed by atoms with van der Waals surface area (Å²) in [6.07, 6.45) is 1.25. The number of alkyl halides is 2. The summed E-state index contributed by atoms with van der Waals surface area (Å²) < 4.78 is -0.933. The number of carbonyl (C=O) groups excluding carboxylic acids is 2. The SMILES string of the molecule is CC(=O)NCCc1ccc(-c2csc(NC(=O)[C@H]3CC3(Cl)Cl)n2)cc1. The molecule has 1 aromatic heterocycles. The molecule has 0 unspecified atom stereocenters. The molecule has 2 amide bonds. The smallest absolute Gasteiger partial charge is 0.232 e. The lowest BCUT2D eigenvalue weighted by atomic mass is 10.1. The van der Waals surface area contributed by atoms with Gasteiger partial charge >= 0.3 is 0 Å². The fourth-order valence-corrected chi connectivity index (χ4v) is 3.61. The van der Waals surface area contributed by atoms with Crippen LogP contribution in [0.2, 0.25) is 0 Å². The van der Waals surface area contributed by atoms with E-state index >= 15 is 0 Å². The van der Waals surface area contributed by atoms with Crippen LogP contribution in [0, 0.1) is 5.92 Å². The van der Waals surface area contributed by atoms with Crippen molar-refractivity contribution in [1.82, 2.24) is 10.3 Å². The van der Waals surface area contributed by atoms with Crippen molar-refractivity contribution in [3.05, 3.63) is 35.2 Å². The van der Waals surface area contributed by atoms with E-state index in [-0.39, 0.29) is 17.7 Å². The Morgan fingerprint density at radius 1 is 1.32 bits per heavy atom. The largest absolute Gasteiger partial charge is 0.356 e. The Balaban J connectivity index is 1.58. The van der Waals surface area contributed by atoms with Crippen molar-refractivity contribution < 1.29 is 9.59 Å². The zero-order valence-corrected chi connectivity index (χ0v) is 15.8. The first-order valence-corrected chi connectivity index (χ1v) is 9.47. The lowest BCUT2D eigenvalue weighted by molar-refractivity contribution is -0.119. The van der Waals surface area contributed by atoms with E-state index in [0.29, 0.717) is 18.1 Å². The predicted molar refractivity (Wildman–Crippen MR) is 101 cm³/mol. The lowest BCUT2D eigenvalue weighted by Crippen LogP contribution is -2.22. The van der Waals surface area contributed by atoms with Gasteiger partial charge in [-0.25, -0.2) is 4.98 Å². The van der Waals surface area contributed by atoms with Gasteiger partial charge in [-0.2, -0.15) is 0 Å². The molecule has 0 radical (unpaired) electrons. The number of amides is 2. The molecule has 132 valence electrons. The normalized spacial score (nSPS) is 17.8. The summed E-state index contributed by atoms with van der Waals surface area (Å²) in [4.78, 5) is 27.3. The second-order valence-corrected chi connectivity index (χ2v) is 8.38. The number of hydrogen-bond acceptors (Lipinski definition) is 4. The topological polar surface area (TPSA) is 71.1 Å². The number of nitrogens with zero attached hydrogens (tertiary/aromatic N) is 1. The zero-order valence-electron chi connectivity index (χ0n) is 13.5. The van der Waals surface area contributed by atoms with Crippen LogP contribution in [0.3, 0.4) is 0 Å². The molecule has 1 aromatic carbocycles. The molecule has 5 nitrogen and oxygen atoms in total. The number of aromatic nitrogens is 1. The van der Waals surface area contributed by atoms with Crippen LogP contribution in [0.4, 0.5) is 5.13 Å². The molecule has 1 aliphatic carbocycles. The number of thiazole rings is 1. The molecule has 25 heavy (non-hydrogen) atoms. The van der Waals surface area contributed by atoms with Crippen LogP contribution >= 0.6 is 34.5 Å². The molecular weight excluding hydrogens is 381 g/mol. The van der Waals surface area contributed by atoms with Gasteiger partial charge in [0.15, 0.2) is 5.13 Å². The molecule has 1 fully saturated rings. The highest BCUT2D eigenvalue weighted by Gasteiger charge is 2.56. The van der Waals surface area contributed by atoms with Gasteiger partial charge in [-0.05, 0) is 18.4 Å². The van der Waals surface area contributed by atoms with Gasteiger partial charge in [0.05, 0.1) is 11.6 Å². The molecule has 0 spiro atoms. The Kier molecular flexibility index (Phi) is 5.32. The summed E-state index contributed by atoms with van der Waals surface area (Å²) in [5.74, 6) is -0.592. The number of benzene rings is 1. The van der Waals surface area contributed by atoms with Crippen LogP contribution in [0.25, 0.3) is 11.3 Å².